The van der Waals surface area contributed by atoms with Crippen LogP contribution in [0.1, 0.15) is 0 Å². The number of halogens is 3. The van der Waals surface area contributed by atoms with Crippen LogP contribution in [0, 0.1) is 24.8 Å². The number of benzene rings is 1. The summed E-state index contributed by atoms with van der Waals surface area (Å²) in [5.74, 6) is -2.14. The molecule has 0 aliphatic rings. The first-order valence-electron chi connectivity index (χ1n) is 4.12. The Hall–Kier alpha value is -1.23. The maximum Gasteiger partial charge on any atom is 0.305 e. The summed E-state index contributed by atoms with van der Waals surface area (Å²) in [4.78, 5) is 9.62. The summed E-state index contributed by atoms with van der Waals surface area (Å²) in [6.45, 7) is 0. The van der Waals surface area contributed by atoms with Crippen molar-refractivity contribution in [2.75, 3.05) is 0 Å². The molecule has 1 aromatic carbocycles. The first-order valence-corrected chi connectivity index (χ1v) is 6.02. The second kappa shape index (κ2) is 4.56. The number of hydrogen-bond acceptors (Lipinski definition) is 5. The zero-order valence-corrected chi connectivity index (χ0v) is 10.8. The Morgan fingerprint density at radius 1 is 1.35 bits per heavy atom. The Morgan fingerprint density at radius 3 is 2.59 bits per heavy atom. The predicted octanol–water partition coefficient (Wildman–Crippen LogP) is 3.00. The van der Waals surface area contributed by atoms with Gasteiger partial charge in [-0.25, -0.2) is 4.39 Å². The molecule has 0 spiro atoms. The zero-order valence-electron chi connectivity index (χ0n) is 7.85. The van der Waals surface area contributed by atoms with Gasteiger partial charge in [-0.15, -0.1) is 10.2 Å². The number of rotatable bonds is 2. The first-order chi connectivity index (χ1) is 8.00. The number of nitro groups is 1. The number of nitro benzene ring substituents is 1. The number of nitrogens with zero attached hydrogens (tertiary/aromatic N) is 3. The molecule has 0 aliphatic heterocycles. The van der Waals surface area contributed by atoms with Crippen LogP contribution in [0.15, 0.2) is 12.1 Å². The molecule has 0 saturated heterocycles. The van der Waals surface area contributed by atoms with E-state index in [4.69, 9.17) is 0 Å². The molecule has 0 atom stereocenters. The number of aromatic nitrogens is 2. The van der Waals surface area contributed by atoms with Gasteiger partial charge in [-0.1, -0.05) is 11.3 Å². The highest BCUT2D eigenvalue weighted by molar-refractivity contribution is 14.1. The highest BCUT2D eigenvalue weighted by atomic mass is 127. The Bertz CT molecular complexity index is 604. The van der Waals surface area contributed by atoms with Crippen LogP contribution in [0.2, 0.25) is 0 Å². The molecule has 0 amide bonds. The minimum Gasteiger partial charge on any atom is -0.258 e. The van der Waals surface area contributed by atoms with Crippen molar-refractivity contribution in [3.63, 3.8) is 0 Å². The Balaban J connectivity index is 2.68. The predicted molar refractivity (Wildman–Crippen MR) is 64.6 cm³/mol. The quantitative estimate of drug-likeness (QED) is 0.464. The zero-order chi connectivity index (χ0) is 12.6. The molecule has 9 heteroatoms. The SMILES string of the molecule is O=[N+]([O-])c1ccc(F)c(-c2nnc(I)s2)c1F. The topological polar surface area (TPSA) is 68.9 Å². The summed E-state index contributed by atoms with van der Waals surface area (Å²) >= 11 is 2.79. The van der Waals surface area contributed by atoms with E-state index >= 15 is 0 Å². The largest absolute Gasteiger partial charge is 0.305 e. The highest BCUT2D eigenvalue weighted by Crippen LogP contribution is 2.33. The lowest BCUT2D eigenvalue weighted by molar-refractivity contribution is -0.387. The summed E-state index contributed by atoms with van der Waals surface area (Å²) in [5, 5.41) is 17.7. The molecule has 0 radical (unpaired) electrons. The van der Waals surface area contributed by atoms with Gasteiger partial charge in [0.1, 0.15) is 5.82 Å². The Morgan fingerprint density at radius 2 is 2.06 bits per heavy atom. The molecule has 2 aromatic rings. The molecule has 5 nitrogen and oxygen atoms in total. The van der Waals surface area contributed by atoms with E-state index in [1.807, 2.05) is 22.6 Å². The maximum absolute atomic E-state index is 13.7. The van der Waals surface area contributed by atoms with Crippen molar-refractivity contribution in [1.82, 2.24) is 10.2 Å². The van der Waals surface area contributed by atoms with E-state index < -0.39 is 27.8 Å². The number of hydrogen-bond donors (Lipinski definition) is 0. The van der Waals surface area contributed by atoms with Gasteiger partial charge >= 0.3 is 5.69 Å². The van der Waals surface area contributed by atoms with Crippen LogP contribution in [-0.4, -0.2) is 15.1 Å². The fraction of sp³-hybridized carbons (Fsp3) is 0. The average Bonchev–Trinajstić information content (AvgIpc) is 2.64. The van der Waals surface area contributed by atoms with E-state index in [0.29, 0.717) is 3.01 Å². The molecular formula is C8H2F2IN3O2S. The molecule has 17 heavy (non-hydrogen) atoms. The maximum atomic E-state index is 13.7. The normalized spacial score (nSPS) is 10.5. The molecule has 0 unspecified atom stereocenters. The van der Waals surface area contributed by atoms with Gasteiger partial charge in [-0.05, 0) is 28.7 Å². The average molecular weight is 369 g/mol. The van der Waals surface area contributed by atoms with E-state index in [9.17, 15) is 18.9 Å². The van der Waals surface area contributed by atoms with Crippen molar-refractivity contribution >= 4 is 39.6 Å². The molecule has 0 aliphatic carbocycles. The molecular weight excluding hydrogens is 367 g/mol. The van der Waals surface area contributed by atoms with Crippen molar-refractivity contribution in [3.05, 3.63) is 36.9 Å². The van der Waals surface area contributed by atoms with Crippen LogP contribution in [-0.2, 0) is 0 Å². The van der Waals surface area contributed by atoms with Gasteiger partial charge in [-0.3, -0.25) is 10.1 Å². The van der Waals surface area contributed by atoms with E-state index in [-0.39, 0.29) is 5.01 Å². The van der Waals surface area contributed by atoms with E-state index in [1.54, 1.807) is 0 Å². The Labute approximate surface area is 111 Å². The van der Waals surface area contributed by atoms with Crippen LogP contribution in [0.25, 0.3) is 10.6 Å². The highest BCUT2D eigenvalue weighted by Gasteiger charge is 2.24. The summed E-state index contributed by atoms with van der Waals surface area (Å²) in [6.07, 6.45) is 0. The van der Waals surface area contributed by atoms with Gasteiger partial charge in [0.15, 0.2) is 8.02 Å². The van der Waals surface area contributed by atoms with Crippen molar-refractivity contribution in [2.24, 2.45) is 0 Å². The second-order valence-electron chi connectivity index (χ2n) is 2.87. The van der Waals surface area contributed by atoms with E-state index in [2.05, 4.69) is 10.2 Å². The second-order valence-corrected chi connectivity index (χ2v) is 5.60. The molecule has 0 N–H and O–H groups in total. The molecule has 1 heterocycles. The summed E-state index contributed by atoms with van der Waals surface area (Å²) in [5.41, 5.74) is -1.30. The van der Waals surface area contributed by atoms with Gasteiger partial charge in [-0.2, -0.15) is 4.39 Å². The fourth-order valence-electron chi connectivity index (χ4n) is 1.18. The summed E-state index contributed by atoms with van der Waals surface area (Å²) < 4.78 is 27.7. The van der Waals surface area contributed by atoms with Crippen LogP contribution in [0.5, 0.6) is 0 Å². The molecule has 0 saturated carbocycles. The lowest BCUT2D eigenvalue weighted by Gasteiger charge is -2.00. The third-order valence-corrected chi connectivity index (χ3v) is 3.49. The van der Waals surface area contributed by atoms with Crippen molar-refractivity contribution in [2.45, 2.75) is 0 Å². The van der Waals surface area contributed by atoms with Crippen molar-refractivity contribution in [3.8, 4) is 10.6 Å². The van der Waals surface area contributed by atoms with Gasteiger partial charge in [0.2, 0.25) is 5.82 Å². The standard InChI is InChI=1S/C8H2F2IN3O2S/c9-3-1-2-4(14(15)16)6(10)5(3)7-12-13-8(11)17-7/h1-2H. The van der Waals surface area contributed by atoms with E-state index in [1.165, 1.54) is 0 Å². The lowest BCUT2D eigenvalue weighted by Crippen LogP contribution is -1.97. The van der Waals surface area contributed by atoms with Crippen LogP contribution in [0.3, 0.4) is 0 Å². The van der Waals surface area contributed by atoms with Crippen molar-refractivity contribution in [1.29, 1.82) is 0 Å². The third kappa shape index (κ3) is 2.24. The summed E-state index contributed by atoms with van der Waals surface area (Å²) in [7, 11) is 0. The van der Waals surface area contributed by atoms with Crippen molar-refractivity contribution < 1.29 is 13.7 Å². The van der Waals surface area contributed by atoms with Crippen LogP contribution < -0.4 is 0 Å². The lowest BCUT2D eigenvalue weighted by atomic mass is 10.2. The molecule has 0 fully saturated rings. The summed E-state index contributed by atoms with van der Waals surface area (Å²) in [6, 6.07) is 1.62. The monoisotopic (exact) mass is 369 g/mol. The fourth-order valence-corrected chi connectivity index (χ4v) is 2.53. The smallest absolute Gasteiger partial charge is 0.258 e. The minimum atomic E-state index is -1.23. The Kier molecular flexibility index (Phi) is 3.28. The van der Waals surface area contributed by atoms with Crippen LogP contribution >= 0.6 is 33.9 Å². The molecule has 88 valence electrons. The minimum absolute atomic E-state index is 0.0203. The van der Waals surface area contributed by atoms with E-state index in [0.717, 1.165) is 23.5 Å². The van der Waals surface area contributed by atoms with Gasteiger partial charge in [0.25, 0.3) is 0 Å². The first kappa shape index (κ1) is 12.2. The van der Waals surface area contributed by atoms with Gasteiger partial charge in [0, 0.05) is 6.07 Å². The molecule has 0 bridgehead atoms. The van der Waals surface area contributed by atoms with Gasteiger partial charge in [0.05, 0.1) is 10.5 Å². The molecule has 1 aromatic heterocycles. The van der Waals surface area contributed by atoms with Gasteiger partial charge < -0.3 is 0 Å². The van der Waals surface area contributed by atoms with Crippen LogP contribution in [0.4, 0.5) is 14.5 Å². The third-order valence-electron chi connectivity index (χ3n) is 1.88. The molecule has 2 rings (SSSR count).